The maximum atomic E-state index is 6.15. The third-order valence-electron chi connectivity index (χ3n) is 4.07. The van der Waals surface area contributed by atoms with Crippen molar-refractivity contribution < 1.29 is 9.47 Å². The van der Waals surface area contributed by atoms with E-state index in [9.17, 15) is 0 Å². The zero-order chi connectivity index (χ0) is 14.7. The first-order chi connectivity index (χ1) is 10.2. The van der Waals surface area contributed by atoms with Crippen LogP contribution in [0.15, 0.2) is 18.2 Å². The largest absolute Gasteiger partial charge is 0.493 e. The van der Waals surface area contributed by atoms with Gasteiger partial charge in [0.05, 0.1) is 19.3 Å². The predicted octanol–water partition coefficient (Wildman–Crippen LogP) is 2.71. The number of nitrogens with two attached hydrogens (primary N) is 1. The molecule has 1 saturated carbocycles. The zero-order valence-electron chi connectivity index (χ0n) is 12.7. The minimum absolute atomic E-state index is 0. The minimum atomic E-state index is 0. The predicted molar refractivity (Wildman–Crippen MR) is 91.0 cm³/mol. The molecule has 1 saturated heterocycles. The van der Waals surface area contributed by atoms with Gasteiger partial charge in [0.2, 0.25) is 0 Å². The van der Waals surface area contributed by atoms with Crippen LogP contribution in [-0.2, 0) is 11.3 Å². The van der Waals surface area contributed by atoms with E-state index in [-0.39, 0.29) is 18.5 Å². The first-order valence-corrected chi connectivity index (χ1v) is 8.07. The number of hydrogen-bond donors (Lipinski definition) is 1. The van der Waals surface area contributed by atoms with Gasteiger partial charge in [-0.1, -0.05) is 11.6 Å². The molecule has 1 aromatic rings. The molecule has 1 unspecified atom stereocenters. The summed E-state index contributed by atoms with van der Waals surface area (Å²) in [6.45, 7) is 4.75. The molecule has 0 bridgehead atoms. The quantitative estimate of drug-likeness (QED) is 0.860. The molecule has 0 amide bonds. The van der Waals surface area contributed by atoms with E-state index >= 15 is 0 Å². The number of benzene rings is 1. The number of morpholine rings is 1. The Hall–Kier alpha value is -0.520. The average Bonchev–Trinajstić information content (AvgIpc) is 3.31. The standard InChI is InChI=1S/C16H23ClN2O2.ClH/c17-14-3-4-16(21-11-12-1-2-12)13(7-14)9-19-5-6-20-15(8-18)10-19;/h3-4,7,12,15H,1-2,5-6,8-11,18H2;1H. The lowest BCUT2D eigenvalue weighted by molar-refractivity contribution is -0.0262. The van der Waals surface area contributed by atoms with Crippen molar-refractivity contribution in [1.29, 1.82) is 0 Å². The second-order valence-electron chi connectivity index (χ2n) is 5.97. The van der Waals surface area contributed by atoms with Crippen LogP contribution in [0.3, 0.4) is 0 Å². The van der Waals surface area contributed by atoms with Crippen LogP contribution in [0.1, 0.15) is 18.4 Å². The number of halogens is 2. The second-order valence-corrected chi connectivity index (χ2v) is 6.41. The molecule has 2 fully saturated rings. The lowest BCUT2D eigenvalue weighted by Gasteiger charge is -2.32. The summed E-state index contributed by atoms with van der Waals surface area (Å²) >= 11 is 6.15. The van der Waals surface area contributed by atoms with Crippen molar-refractivity contribution in [3.05, 3.63) is 28.8 Å². The van der Waals surface area contributed by atoms with Gasteiger partial charge in [-0.05, 0) is 37.0 Å². The normalized spacial score (nSPS) is 22.2. The summed E-state index contributed by atoms with van der Waals surface area (Å²) in [7, 11) is 0. The number of ether oxygens (including phenoxy) is 2. The molecule has 1 heterocycles. The third-order valence-corrected chi connectivity index (χ3v) is 4.31. The first kappa shape index (κ1) is 17.8. The summed E-state index contributed by atoms with van der Waals surface area (Å²) in [5, 5.41) is 0.757. The van der Waals surface area contributed by atoms with E-state index in [2.05, 4.69) is 4.90 Å². The molecule has 1 aromatic carbocycles. The van der Waals surface area contributed by atoms with E-state index in [1.165, 1.54) is 12.8 Å². The van der Waals surface area contributed by atoms with Crippen molar-refractivity contribution in [2.75, 3.05) is 32.8 Å². The van der Waals surface area contributed by atoms with Crippen molar-refractivity contribution in [2.24, 2.45) is 11.7 Å². The molecule has 124 valence electrons. The van der Waals surface area contributed by atoms with Gasteiger partial charge in [0.15, 0.2) is 0 Å². The topological polar surface area (TPSA) is 47.7 Å². The zero-order valence-corrected chi connectivity index (χ0v) is 14.2. The molecular formula is C16H24Cl2N2O2. The van der Waals surface area contributed by atoms with Gasteiger partial charge in [-0.3, -0.25) is 4.90 Å². The molecule has 0 spiro atoms. The van der Waals surface area contributed by atoms with Crippen LogP contribution in [0.25, 0.3) is 0 Å². The first-order valence-electron chi connectivity index (χ1n) is 7.70. The minimum Gasteiger partial charge on any atom is -0.493 e. The number of hydrogen-bond acceptors (Lipinski definition) is 4. The molecule has 0 radical (unpaired) electrons. The molecule has 3 rings (SSSR count). The van der Waals surface area contributed by atoms with Gasteiger partial charge in [-0.25, -0.2) is 0 Å². The maximum absolute atomic E-state index is 6.15. The van der Waals surface area contributed by atoms with Crippen LogP contribution in [0.5, 0.6) is 5.75 Å². The van der Waals surface area contributed by atoms with Crippen molar-refractivity contribution in [3.8, 4) is 5.75 Å². The molecule has 22 heavy (non-hydrogen) atoms. The van der Waals surface area contributed by atoms with Gasteiger partial charge >= 0.3 is 0 Å². The van der Waals surface area contributed by atoms with E-state index in [1.54, 1.807) is 0 Å². The van der Waals surface area contributed by atoms with Gasteiger partial charge in [-0.2, -0.15) is 0 Å². The molecule has 1 aliphatic heterocycles. The van der Waals surface area contributed by atoms with E-state index in [1.807, 2.05) is 18.2 Å². The van der Waals surface area contributed by atoms with Gasteiger partial charge in [0.1, 0.15) is 5.75 Å². The Bertz CT molecular complexity index is 483. The van der Waals surface area contributed by atoms with Crippen LogP contribution in [-0.4, -0.2) is 43.9 Å². The van der Waals surface area contributed by atoms with Gasteiger partial charge in [-0.15, -0.1) is 12.4 Å². The van der Waals surface area contributed by atoms with Crippen LogP contribution in [0.4, 0.5) is 0 Å². The molecular weight excluding hydrogens is 323 g/mol. The van der Waals surface area contributed by atoms with Gasteiger partial charge in [0.25, 0.3) is 0 Å². The lowest BCUT2D eigenvalue weighted by atomic mass is 10.1. The highest BCUT2D eigenvalue weighted by atomic mass is 35.5. The Morgan fingerprint density at radius 3 is 2.91 bits per heavy atom. The molecule has 4 nitrogen and oxygen atoms in total. The maximum Gasteiger partial charge on any atom is 0.123 e. The Kier molecular flexibility index (Phi) is 6.78. The van der Waals surface area contributed by atoms with Crippen molar-refractivity contribution in [3.63, 3.8) is 0 Å². The summed E-state index contributed by atoms with van der Waals surface area (Å²) in [5.41, 5.74) is 6.86. The third kappa shape index (κ3) is 5.00. The average molecular weight is 347 g/mol. The molecule has 0 aromatic heterocycles. The van der Waals surface area contributed by atoms with Crippen molar-refractivity contribution in [1.82, 2.24) is 4.90 Å². The Balaban J connectivity index is 0.00000176. The van der Waals surface area contributed by atoms with Crippen molar-refractivity contribution in [2.45, 2.75) is 25.5 Å². The summed E-state index contributed by atoms with van der Waals surface area (Å²) in [6.07, 6.45) is 2.73. The Morgan fingerprint density at radius 1 is 1.36 bits per heavy atom. The SMILES string of the molecule is Cl.NCC1CN(Cc2cc(Cl)ccc2OCC2CC2)CCO1. The molecule has 2 aliphatic rings. The molecule has 1 aliphatic carbocycles. The summed E-state index contributed by atoms with van der Waals surface area (Å²) in [4.78, 5) is 2.36. The number of nitrogens with zero attached hydrogens (tertiary/aromatic N) is 1. The molecule has 2 N–H and O–H groups in total. The summed E-state index contributed by atoms with van der Waals surface area (Å²) in [6, 6.07) is 5.90. The lowest BCUT2D eigenvalue weighted by Crippen LogP contribution is -2.45. The van der Waals surface area contributed by atoms with Crippen LogP contribution in [0.2, 0.25) is 5.02 Å². The monoisotopic (exact) mass is 346 g/mol. The fourth-order valence-corrected chi connectivity index (χ4v) is 2.81. The highest BCUT2D eigenvalue weighted by Gasteiger charge is 2.23. The van der Waals surface area contributed by atoms with Crippen molar-refractivity contribution >= 4 is 24.0 Å². The fourth-order valence-electron chi connectivity index (χ4n) is 2.61. The summed E-state index contributed by atoms with van der Waals surface area (Å²) < 4.78 is 11.6. The van der Waals surface area contributed by atoms with Crippen LogP contribution in [0, 0.1) is 5.92 Å². The molecule has 1 atom stereocenters. The highest BCUT2D eigenvalue weighted by Crippen LogP contribution is 2.31. The smallest absolute Gasteiger partial charge is 0.123 e. The van der Waals surface area contributed by atoms with Crippen LogP contribution < -0.4 is 10.5 Å². The van der Waals surface area contributed by atoms with E-state index in [0.717, 1.165) is 55.1 Å². The summed E-state index contributed by atoms with van der Waals surface area (Å²) in [5.74, 6) is 1.71. The van der Waals surface area contributed by atoms with E-state index in [0.29, 0.717) is 6.54 Å². The fraction of sp³-hybridized carbons (Fsp3) is 0.625. The molecule has 6 heteroatoms. The second kappa shape index (κ2) is 8.37. The van der Waals surface area contributed by atoms with Gasteiger partial charge in [0, 0.05) is 36.8 Å². The van der Waals surface area contributed by atoms with Crippen LogP contribution >= 0.6 is 24.0 Å². The van der Waals surface area contributed by atoms with Gasteiger partial charge < -0.3 is 15.2 Å². The van der Waals surface area contributed by atoms with E-state index < -0.39 is 0 Å². The Morgan fingerprint density at radius 2 is 2.18 bits per heavy atom. The Labute approximate surface area is 143 Å². The highest BCUT2D eigenvalue weighted by molar-refractivity contribution is 6.30. The number of rotatable bonds is 6. The van der Waals surface area contributed by atoms with E-state index in [4.69, 9.17) is 26.8 Å².